The molecule has 0 spiro atoms. The number of halogens is 1. The second kappa shape index (κ2) is 12.4. The second-order valence-corrected chi connectivity index (χ2v) is 10.8. The molecule has 0 radical (unpaired) electrons. The molecule has 0 bridgehead atoms. The van der Waals surface area contributed by atoms with Gasteiger partial charge < -0.3 is 15.1 Å². The van der Waals surface area contributed by atoms with Crippen LogP contribution in [0.1, 0.15) is 71.0 Å². The van der Waals surface area contributed by atoms with E-state index in [1.54, 1.807) is 60.2 Å². The summed E-state index contributed by atoms with van der Waals surface area (Å²) in [6, 6.07) is 12.2. The largest absolute Gasteiger partial charge is 0.343 e. The summed E-state index contributed by atoms with van der Waals surface area (Å²) < 4.78 is 14.1. The topological polar surface area (TPSA) is 115 Å². The molecule has 1 aromatic heterocycles. The Morgan fingerprint density at radius 2 is 1.88 bits per heavy atom. The molecule has 3 atom stereocenters. The average molecular weight is 562 g/mol. The lowest BCUT2D eigenvalue weighted by Crippen LogP contribution is -2.52. The number of benzene rings is 2. The van der Waals surface area contributed by atoms with E-state index in [9.17, 15) is 23.6 Å². The molecule has 3 amide bonds. The van der Waals surface area contributed by atoms with Crippen LogP contribution in [0.4, 0.5) is 4.39 Å². The maximum absolute atomic E-state index is 14.1. The van der Waals surface area contributed by atoms with Gasteiger partial charge >= 0.3 is 0 Å². The van der Waals surface area contributed by atoms with Gasteiger partial charge in [-0.25, -0.2) is 9.49 Å². The number of nitrogens with zero attached hydrogens (tertiary/aromatic N) is 3. The first-order valence-electron chi connectivity index (χ1n) is 13.7. The fraction of sp³-hybridized carbons (Fsp3) is 0.387. The van der Waals surface area contributed by atoms with Crippen LogP contribution < -0.4 is 10.9 Å². The summed E-state index contributed by atoms with van der Waals surface area (Å²) in [4.78, 5) is 54.2. The number of likely N-dealkylation sites (N-methyl/N-ethyl adjacent to an activating group) is 1. The minimum absolute atomic E-state index is 0.116. The molecule has 216 valence electrons. The van der Waals surface area contributed by atoms with Crippen molar-refractivity contribution in [3.8, 4) is 0 Å². The van der Waals surface area contributed by atoms with Crippen molar-refractivity contribution in [3.05, 3.63) is 98.2 Å². The number of likely N-dealkylation sites (tertiary alicyclic amines) is 1. The van der Waals surface area contributed by atoms with Gasteiger partial charge in [0, 0.05) is 37.6 Å². The Morgan fingerprint density at radius 1 is 1.12 bits per heavy atom. The van der Waals surface area contributed by atoms with Gasteiger partial charge in [-0.15, -0.1) is 0 Å². The van der Waals surface area contributed by atoms with Crippen molar-refractivity contribution < 1.29 is 18.8 Å². The van der Waals surface area contributed by atoms with Crippen LogP contribution in [0.25, 0.3) is 0 Å². The Kier molecular flexibility index (Phi) is 9.00. The van der Waals surface area contributed by atoms with Crippen LogP contribution in [0.5, 0.6) is 0 Å². The lowest BCUT2D eigenvalue weighted by molar-refractivity contribution is -0.138. The summed E-state index contributed by atoms with van der Waals surface area (Å²) in [5.41, 5.74) is 3.85. The Bertz CT molecular complexity index is 1520. The Labute approximate surface area is 238 Å². The number of carbonyl (C=O) groups is 3. The van der Waals surface area contributed by atoms with E-state index in [1.165, 1.54) is 19.1 Å². The summed E-state index contributed by atoms with van der Waals surface area (Å²) in [5, 5.41) is 9.12. The summed E-state index contributed by atoms with van der Waals surface area (Å²) in [5.74, 6) is -1.21. The highest BCUT2D eigenvalue weighted by molar-refractivity contribution is 5.96. The SMILES string of the molecule is CC(=O)N(C)[C@@H](C)[C@H]1CC[C@@H](c2cccc(F)c2)N1C(=O)CNC(=O)c1ccc(Cc2cc(C)n[nH]c2=O)c(C)c1. The van der Waals surface area contributed by atoms with Crippen molar-refractivity contribution in [1.82, 2.24) is 25.3 Å². The van der Waals surface area contributed by atoms with Crippen LogP contribution in [-0.2, 0) is 16.0 Å². The molecule has 1 aliphatic heterocycles. The summed E-state index contributed by atoms with van der Waals surface area (Å²) in [7, 11) is 1.70. The van der Waals surface area contributed by atoms with Gasteiger partial charge in [-0.3, -0.25) is 19.2 Å². The van der Waals surface area contributed by atoms with Gasteiger partial charge in [0.1, 0.15) is 5.82 Å². The molecule has 1 saturated heterocycles. The van der Waals surface area contributed by atoms with E-state index in [0.717, 1.165) is 11.1 Å². The third-order valence-corrected chi connectivity index (χ3v) is 8.01. The Hall–Kier alpha value is -4.34. The van der Waals surface area contributed by atoms with E-state index in [0.29, 0.717) is 41.6 Å². The van der Waals surface area contributed by atoms with E-state index in [-0.39, 0.29) is 47.9 Å². The highest BCUT2D eigenvalue weighted by Crippen LogP contribution is 2.38. The van der Waals surface area contributed by atoms with E-state index < -0.39 is 5.91 Å². The number of amides is 3. The van der Waals surface area contributed by atoms with Crippen molar-refractivity contribution in [1.29, 1.82) is 0 Å². The third kappa shape index (κ3) is 6.70. The lowest BCUT2D eigenvalue weighted by Gasteiger charge is -2.37. The number of H-pyrrole nitrogens is 1. The molecular formula is C31H36FN5O4. The molecule has 3 aromatic rings. The molecule has 0 saturated carbocycles. The van der Waals surface area contributed by atoms with Gasteiger partial charge in [0.2, 0.25) is 11.8 Å². The molecule has 0 aliphatic carbocycles. The fourth-order valence-corrected chi connectivity index (χ4v) is 5.54. The maximum atomic E-state index is 14.1. The number of rotatable bonds is 8. The van der Waals surface area contributed by atoms with Gasteiger partial charge in [-0.1, -0.05) is 18.2 Å². The fourth-order valence-electron chi connectivity index (χ4n) is 5.54. The van der Waals surface area contributed by atoms with Crippen molar-refractivity contribution in [2.75, 3.05) is 13.6 Å². The van der Waals surface area contributed by atoms with E-state index >= 15 is 0 Å². The lowest BCUT2D eigenvalue weighted by atomic mass is 9.99. The van der Waals surface area contributed by atoms with Crippen LogP contribution >= 0.6 is 0 Å². The predicted molar refractivity (Wildman–Crippen MR) is 153 cm³/mol. The predicted octanol–water partition coefficient (Wildman–Crippen LogP) is 3.45. The van der Waals surface area contributed by atoms with Crippen LogP contribution in [0.3, 0.4) is 0 Å². The number of hydrogen-bond donors (Lipinski definition) is 2. The minimum atomic E-state index is -0.405. The normalized spacial score (nSPS) is 17.3. The standard InChI is InChI=1S/C31H36FN5O4/c1-18-13-24(10-9-22(18)15-25-14-19(2)34-35-31(25)41)30(40)33-17-29(39)37-27(20(3)36(5)21(4)38)11-12-28(37)23-7-6-8-26(32)16-23/h6-10,13-14,16,20,27-28H,11-12,15,17H2,1-5H3,(H,33,40)(H,35,41)/t20-,27+,28-/m0/s1. The first kappa shape index (κ1) is 29.6. The maximum Gasteiger partial charge on any atom is 0.267 e. The van der Waals surface area contributed by atoms with Gasteiger partial charge in [-0.05, 0) is 80.6 Å². The van der Waals surface area contributed by atoms with E-state index in [2.05, 4.69) is 15.5 Å². The molecule has 9 nitrogen and oxygen atoms in total. The number of aryl methyl sites for hydroxylation is 2. The Morgan fingerprint density at radius 3 is 2.56 bits per heavy atom. The summed E-state index contributed by atoms with van der Waals surface area (Å²) in [6.45, 7) is 6.79. The van der Waals surface area contributed by atoms with Gasteiger partial charge in [-0.2, -0.15) is 5.10 Å². The molecule has 10 heteroatoms. The second-order valence-electron chi connectivity index (χ2n) is 10.8. The van der Waals surface area contributed by atoms with Crippen molar-refractivity contribution in [2.45, 2.75) is 65.1 Å². The number of aromatic nitrogens is 2. The Balaban J connectivity index is 1.49. The van der Waals surface area contributed by atoms with Crippen LogP contribution in [0, 0.1) is 19.7 Å². The highest BCUT2D eigenvalue weighted by atomic mass is 19.1. The molecule has 0 unspecified atom stereocenters. The first-order valence-corrected chi connectivity index (χ1v) is 13.7. The van der Waals surface area contributed by atoms with Crippen molar-refractivity contribution in [3.63, 3.8) is 0 Å². The third-order valence-electron chi connectivity index (χ3n) is 8.01. The van der Waals surface area contributed by atoms with Crippen molar-refractivity contribution >= 4 is 17.7 Å². The molecule has 41 heavy (non-hydrogen) atoms. The summed E-state index contributed by atoms with van der Waals surface area (Å²) in [6.07, 6.45) is 1.65. The van der Waals surface area contributed by atoms with Crippen LogP contribution in [-0.4, -0.2) is 63.4 Å². The number of aromatic amines is 1. The molecule has 1 aliphatic rings. The zero-order chi connectivity index (χ0) is 29.8. The monoisotopic (exact) mass is 561 g/mol. The molecule has 2 heterocycles. The number of carbonyl (C=O) groups excluding carboxylic acids is 3. The first-order chi connectivity index (χ1) is 19.5. The van der Waals surface area contributed by atoms with Crippen LogP contribution in [0.2, 0.25) is 0 Å². The van der Waals surface area contributed by atoms with E-state index in [1.807, 2.05) is 13.8 Å². The zero-order valence-corrected chi connectivity index (χ0v) is 24.0. The smallest absolute Gasteiger partial charge is 0.267 e. The number of hydrogen-bond acceptors (Lipinski definition) is 5. The van der Waals surface area contributed by atoms with Gasteiger partial charge in [0.25, 0.3) is 11.5 Å². The van der Waals surface area contributed by atoms with Gasteiger partial charge in [0.05, 0.1) is 24.3 Å². The molecule has 2 N–H and O–H groups in total. The molecule has 1 fully saturated rings. The quantitative estimate of drug-likeness (QED) is 0.437. The van der Waals surface area contributed by atoms with Gasteiger partial charge in [0.15, 0.2) is 0 Å². The number of nitrogens with one attached hydrogen (secondary N) is 2. The van der Waals surface area contributed by atoms with Crippen molar-refractivity contribution in [2.24, 2.45) is 0 Å². The highest BCUT2D eigenvalue weighted by Gasteiger charge is 2.41. The molecular weight excluding hydrogens is 525 g/mol. The molecule has 2 aromatic carbocycles. The zero-order valence-electron chi connectivity index (χ0n) is 24.0. The minimum Gasteiger partial charge on any atom is -0.343 e. The van der Waals surface area contributed by atoms with E-state index in [4.69, 9.17) is 0 Å². The average Bonchev–Trinajstić information content (AvgIpc) is 3.39. The molecule has 4 rings (SSSR count). The summed E-state index contributed by atoms with van der Waals surface area (Å²) >= 11 is 0. The van der Waals surface area contributed by atoms with Crippen LogP contribution in [0.15, 0.2) is 53.3 Å².